The van der Waals surface area contributed by atoms with Crippen molar-refractivity contribution < 1.29 is 4.42 Å². The fourth-order valence-electron chi connectivity index (χ4n) is 2.83. The number of H-pyrrole nitrogens is 2. The molecule has 0 spiro atoms. The van der Waals surface area contributed by atoms with Crippen LogP contribution in [-0.4, -0.2) is 25.0 Å². The SMILES string of the molecule is O=c1[nH]c(-n2[nH]c(=O)c3c(Br)c(Br)c(Br)c(Br)c3c2=O)nnc1CCc1ccco1. The Morgan fingerprint density at radius 1 is 0.900 bits per heavy atom. The van der Waals surface area contributed by atoms with Crippen molar-refractivity contribution in [1.82, 2.24) is 25.0 Å². The van der Waals surface area contributed by atoms with E-state index in [0.29, 0.717) is 36.5 Å². The summed E-state index contributed by atoms with van der Waals surface area (Å²) in [7, 11) is 0. The predicted molar refractivity (Wildman–Crippen MR) is 123 cm³/mol. The number of nitrogens with one attached hydrogen (secondary N) is 2. The lowest BCUT2D eigenvalue weighted by Gasteiger charge is -2.11. The maximum Gasteiger partial charge on any atom is 0.281 e. The van der Waals surface area contributed by atoms with Gasteiger partial charge in [-0.2, -0.15) is 4.68 Å². The molecule has 30 heavy (non-hydrogen) atoms. The molecule has 4 aromatic rings. The Labute approximate surface area is 200 Å². The van der Waals surface area contributed by atoms with Crippen LogP contribution in [0.2, 0.25) is 0 Å². The fourth-order valence-corrected chi connectivity index (χ4v) is 5.29. The van der Waals surface area contributed by atoms with Gasteiger partial charge in [-0.3, -0.25) is 24.5 Å². The van der Waals surface area contributed by atoms with Crippen LogP contribution >= 0.6 is 63.7 Å². The van der Waals surface area contributed by atoms with Gasteiger partial charge in [0, 0.05) is 30.7 Å². The summed E-state index contributed by atoms with van der Waals surface area (Å²) >= 11 is 13.4. The molecular formula is C17H9Br4N5O4. The van der Waals surface area contributed by atoms with Crippen molar-refractivity contribution in [2.75, 3.05) is 0 Å². The van der Waals surface area contributed by atoms with Gasteiger partial charge in [-0.25, -0.2) is 0 Å². The molecule has 0 saturated heterocycles. The van der Waals surface area contributed by atoms with Crippen molar-refractivity contribution in [2.45, 2.75) is 12.8 Å². The molecule has 0 aliphatic rings. The number of hydrogen-bond donors (Lipinski definition) is 2. The second-order valence-corrected chi connectivity index (χ2v) is 9.26. The van der Waals surface area contributed by atoms with Crippen LogP contribution in [0.4, 0.5) is 0 Å². The molecule has 1 aromatic carbocycles. The minimum absolute atomic E-state index is 0.102. The Bertz CT molecular complexity index is 1460. The topological polar surface area (TPSA) is 127 Å². The van der Waals surface area contributed by atoms with Gasteiger partial charge in [0.15, 0.2) is 0 Å². The molecule has 3 aromatic heterocycles. The third-order valence-electron chi connectivity index (χ3n) is 4.28. The molecule has 0 saturated carbocycles. The smallest absolute Gasteiger partial charge is 0.281 e. The summed E-state index contributed by atoms with van der Waals surface area (Å²) in [6.45, 7) is 0. The van der Waals surface area contributed by atoms with Crippen molar-refractivity contribution >= 4 is 74.5 Å². The van der Waals surface area contributed by atoms with Crippen LogP contribution in [0.15, 0.2) is 55.1 Å². The number of benzene rings is 1. The van der Waals surface area contributed by atoms with E-state index in [4.69, 9.17) is 4.42 Å². The molecule has 13 heteroatoms. The van der Waals surface area contributed by atoms with Crippen molar-refractivity contribution in [1.29, 1.82) is 0 Å². The van der Waals surface area contributed by atoms with Gasteiger partial charge in [0.1, 0.15) is 11.5 Å². The van der Waals surface area contributed by atoms with Crippen LogP contribution in [0.25, 0.3) is 16.7 Å². The van der Waals surface area contributed by atoms with Crippen LogP contribution in [0.5, 0.6) is 0 Å². The molecule has 0 radical (unpaired) electrons. The van der Waals surface area contributed by atoms with Crippen molar-refractivity contribution in [3.05, 3.63) is 78.8 Å². The number of aromatic nitrogens is 5. The first-order valence-corrected chi connectivity index (χ1v) is 11.5. The second-order valence-electron chi connectivity index (χ2n) is 6.09. The lowest BCUT2D eigenvalue weighted by Crippen LogP contribution is -2.32. The first kappa shape index (κ1) is 21.4. The lowest BCUT2D eigenvalue weighted by atomic mass is 10.2. The van der Waals surface area contributed by atoms with E-state index >= 15 is 0 Å². The molecule has 0 unspecified atom stereocenters. The van der Waals surface area contributed by atoms with E-state index in [1.165, 1.54) is 0 Å². The molecule has 0 fully saturated rings. The average molecular weight is 667 g/mol. The zero-order valence-corrected chi connectivity index (χ0v) is 21.0. The zero-order chi connectivity index (χ0) is 21.6. The Hall–Kier alpha value is -1.83. The second kappa shape index (κ2) is 8.36. The number of aromatic amines is 2. The quantitative estimate of drug-likeness (QED) is 0.253. The van der Waals surface area contributed by atoms with Crippen LogP contribution in [0, 0.1) is 0 Å². The number of fused-ring (bicyclic) bond motifs is 1. The third kappa shape index (κ3) is 3.67. The van der Waals surface area contributed by atoms with Gasteiger partial charge in [0.05, 0.1) is 17.0 Å². The van der Waals surface area contributed by atoms with E-state index in [-0.39, 0.29) is 22.4 Å². The van der Waals surface area contributed by atoms with E-state index in [9.17, 15) is 14.4 Å². The van der Waals surface area contributed by atoms with E-state index < -0.39 is 16.7 Å². The van der Waals surface area contributed by atoms with Gasteiger partial charge in [-0.05, 0) is 75.9 Å². The van der Waals surface area contributed by atoms with Crippen molar-refractivity contribution in [3.63, 3.8) is 0 Å². The summed E-state index contributed by atoms with van der Waals surface area (Å²) in [5, 5.41) is 10.5. The van der Waals surface area contributed by atoms with Gasteiger partial charge in [-0.15, -0.1) is 10.2 Å². The van der Waals surface area contributed by atoms with Crippen LogP contribution in [-0.2, 0) is 12.8 Å². The Morgan fingerprint density at radius 3 is 2.23 bits per heavy atom. The van der Waals surface area contributed by atoms with Crippen LogP contribution in [0.1, 0.15) is 11.5 Å². The molecule has 0 atom stereocenters. The highest BCUT2D eigenvalue weighted by Gasteiger charge is 2.21. The molecule has 0 aliphatic heterocycles. The molecule has 2 N–H and O–H groups in total. The summed E-state index contributed by atoms with van der Waals surface area (Å²) in [5.74, 6) is 0.510. The Morgan fingerprint density at radius 2 is 1.60 bits per heavy atom. The number of aryl methyl sites for hydroxylation is 2. The predicted octanol–water partition coefficient (Wildman–Crippen LogP) is 3.59. The van der Waals surface area contributed by atoms with E-state index in [2.05, 4.69) is 84.0 Å². The van der Waals surface area contributed by atoms with E-state index in [0.717, 1.165) is 4.68 Å². The van der Waals surface area contributed by atoms with Crippen LogP contribution < -0.4 is 16.7 Å². The highest BCUT2D eigenvalue weighted by atomic mass is 79.9. The minimum atomic E-state index is -0.598. The van der Waals surface area contributed by atoms with Crippen LogP contribution in [0.3, 0.4) is 0 Å². The minimum Gasteiger partial charge on any atom is -0.469 e. The average Bonchev–Trinajstić information content (AvgIpc) is 3.24. The van der Waals surface area contributed by atoms with E-state index in [1.807, 2.05) is 0 Å². The highest BCUT2D eigenvalue weighted by molar-refractivity contribution is 9.15. The largest absolute Gasteiger partial charge is 0.469 e. The number of hydrogen-bond acceptors (Lipinski definition) is 6. The molecule has 3 heterocycles. The summed E-state index contributed by atoms with van der Waals surface area (Å²) in [6, 6.07) is 3.55. The highest BCUT2D eigenvalue weighted by Crippen LogP contribution is 2.41. The van der Waals surface area contributed by atoms with Crippen molar-refractivity contribution in [2.24, 2.45) is 0 Å². The number of rotatable bonds is 4. The number of halogens is 4. The number of furan rings is 1. The van der Waals surface area contributed by atoms with Crippen molar-refractivity contribution in [3.8, 4) is 5.95 Å². The van der Waals surface area contributed by atoms with E-state index in [1.54, 1.807) is 18.4 Å². The Balaban J connectivity index is 1.83. The van der Waals surface area contributed by atoms with Gasteiger partial charge in [-0.1, -0.05) is 0 Å². The van der Waals surface area contributed by atoms with Gasteiger partial charge in [0.2, 0.25) is 0 Å². The summed E-state index contributed by atoms with van der Waals surface area (Å²) < 4.78 is 7.99. The monoisotopic (exact) mass is 663 g/mol. The van der Waals surface area contributed by atoms with Gasteiger partial charge >= 0.3 is 0 Å². The normalized spacial score (nSPS) is 11.3. The first-order chi connectivity index (χ1) is 14.3. The molecule has 4 rings (SSSR count). The Kier molecular flexibility index (Phi) is 5.97. The van der Waals surface area contributed by atoms with Gasteiger partial charge < -0.3 is 4.42 Å². The summed E-state index contributed by atoms with van der Waals surface area (Å²) in [5.41, 5.74) is -1.49. The standard InChI is InChI=1S/C17H9Br4N5O4/c18-10-8-9(11(19)13(21)12(10)20)16(29)26(25-15(8)28)17-22-14(27)7(23-24-17)4-3-6-2-1-5-30-6/h1-2,5H,3-4H2,(H,25,28)(H,22,24,27). The molecule has 0 amide bonds. The molecule has 154 valence electrons. The molecule has 9 nitrogen and oxygen atoms in total. The first-order valence-electron chi connectivity index (χ1n) is 8.29. The lowest BCUT2D eigenvalue weighted by molar-refractivity contribution is 0.506. The molecular weight excluding hydrogens is 658 g/mol. The summed E-state index contributed by atoms with van der Waals surface area (Å²) in [4.78, 5) is 40.7. The third-order valence-corrected chi connectivity index (χ3v) is 9.05. The maximum absolute atomic E-state index is 13.1. The molecule has 0 bridgehead atoms. The number of nitrogens with zero attached hydrogens (tertiary/aromatic N) is 3. The fraction of sp³-hybridized carbons (Fsp3) is 0.118. The van der Waals surface area contributed by atoms with Gasteiger partial charge in [0.25, 0.3) is 22.6 Å². The summed E-state index contributed by atoms with van der Waals surface area (Å²) in [6.07, 6.45) is 2.32. The maximum atomic E-state index is 13.1. The zero-order valence-electron chi connectivity index (χ0n) is 14.6. The molecule has 0 aliphatic carbocycles.